The average Bonchev–Trinajstić information content (AvgIpc) is 2.89. The lowest BCUT2D eigenvalue weighted by Gasteiger charge is -2.09. The molecule has 0 radical (unpaired) electrons. The van der Waals surface area contributed by atoms with Gasteiger partial charge in [-0.05, 0) is 40.6 Å². The van der Waals surface area contributed by atoms with Crippen molar-refractivity contribution in [3.63, 3.8) is 0 Å². The molecule has 2 aromatic rings. The molecule has 20 heavy (non-hydrogen) atoms. The SMILES string of the molecule is Nc1cc(C(=O)O)ccc1S(=O)(=O)NCc1ccsc1. The molecule has 1 aromatic heterocycles. The molecule has 0 aliphatic heterocycles. The maximum Gasteiger partial charge on any atom is 0.335 e. The van der Waals surface area contributed by atoms with Crippen LogP contribution >= 0.6 is 11.3 Å². The Morgan fingerprint density at radius 2 is 2.10 bits per heavy atom. The van der Waals surface area contributed by atoms with Gasteiger partial charge in [0.1, 0.15) is 4.90 Å². The van der Waals surface area contributed by atoms with E-state index in [0.717, 1.165) is 11.6 Å². The van der Waals surface area contributed by atoms with Gasteiger partial charge in [-0.1, -0.05) is 0 Å². The Kier molecular flexibility index (Phi) is 4.07. The van der Waals surface area contributed by atoms with Crippen LogP contribution in [0.3, 0.4) is 0 Å². The molecule has 0 aliphatic carbocycles. The van der Waals surface area contributed by atoms with Gasteiger partial charge in [-0.3, -0.25) is 0 Å². The number of nitrogen functional groups attached to an aromatic ring is 1. The minimum absolute atomic E-state index is 0.0562. The normalized spacial score (nSPS) is 11.4. The fourth-order valence-corrected chi connectivity index (χ4v) is 3.37. The molecule has 0 aliphatic rings. The van der Waals surface area contributed by atoms with Crippen molar-refractivity contribution < 1.29 is 18.3 Å². The number of aromatic carboxylic acids is 1. The number of rotatable bonds is 5. The lowest BCUT2D eigenvalue weighted by molar-refractivity contribution is 0.0697. The minimum Gasteiger partial charge on any atom is -0.478 e. The molecule has 8 heteroatoms. The lowest BCUT2D eigenvalue weighted by Crippen LogP contribution is -2.24. The number of thiophene rings is 1. The Hall–Kier alpha value is -1.90. The Balaban J connectivity index is 2.23. The van der Waals surface area contributed by atoms with E-state index in [9.17, 15) is 13.2 Å². The summed E-state index contributed by atoms with van der Waals surface area (Å²) in [6, 6.07) is 5.33. The summed E-state index contributed by atoms with van der Waals surface area (Å²) in [7, 11) is -3.77. The molecular formula is C12H12N2O4S2. The van der Waals surface area contributed by atoms with Crippen LogP contribution in [0.25, 0.3) is 0 Å². The van der Waals surface area contributed by atoms with Crippen molar-refractivity contribution in [1.29, 1.82) is 0 Å². The van der Waals surface area contributed by atoms with Crippen LogP contribution in [0.1, 0.15) is 15.9 Å². The number of hydrogen-bond acceptors (Lipinski definition) is 5. The van der Waals surface area contributed by atoms with E-state index in [1.165, 1.54) is 23.5 Å². The van der Waals surface area contributed by atoms with Crippen LogP contribution in [-0.4, -0.2) is 19.5 Å². The van der Waals surface area contributed by atoms with Gasteiger partial charge < -0.3 is 10.8 Å². The van der Waals surface area contributed by atoms with Crippen molar-refractivity contribution in [3.8, 4) is 0 Å². The van der Waals surface area contributed by atoms with Crippen LogP contribution in [0, 0.1) is 0 Å². The van der Waals surface area contributed by atoms with Crippen molar-refractivity contribution in [3.05, 3.63) is 46.2 Å². The molecule has 0 amide bonds. The highest BCUT2D eigenvalue weighted by atomic mass is 32.2. The summed E-state index contributed by atoms with van der Waals surface area (Å²) in [5, 5.41) is 12.5. The Morgan fingerprint density at radius 3 is 2.65 bits per heavy atom. The quantitative estimate of drug-likeness (QED) is 0.725. The van der Waals surface area contributed by atoms with Gasteiger partial charge in [-0.15, -0.1) is 0 Å². The second-order valence-electron chi connectivity index (χ2n) is 4.01. The summed E-state index contributed by atoms with van der Waals surface area (Å²) < 4.78 is 26.6. The molecule has 2 rings (SSSR count). The van der Waals surface area contributed by atoms with Gasteiger partial charge >= 0.3 is 5.97 Å². The number of sulfonamides is 1. The maximum absolute atomic E-state index is 12.1. The summed E-state index contributed by atoms with van der Waals surface area (Å²) in [4.78, 5) is 10.6. The first-order valence-electron chi connectivity index (χ1n) is 5.54. The molecule has 0 fully saturated rings. The molecule has 0 saturated carbocycles. The van der Waals surface area contributed by atoms with E-state index in [4.69, 9.17) is 10.8 Å². The third-order valence-corrected chi connectivity index (χ3v) is 4.80. The molecule has 106 valence electrons. The molecule has 0 atom stereocenters. The Bertz CT molecular complexity index is 724. The first-order valence-corrected chi connectivity index (χ1v) is 7.96. The van der Waals surface area contributed by atoms with E-state index in [0.29, 0.717) is 0 Å². The van der Waals surface area contributed by atoms with Crippen molar-refractivity contribution in [1.82, 2.24) is 4.72 Å². The highest BCUT2D eigenvalue weighted by molar-refractivity contribution is 7.89. The fourth-order valence-electron chi connectivity index (χ4n) is 1.58. The number of carboxylic acid groups (broad SMARTS) is 1. The highest BCUT2D eigenvalue weighted by Crippen LogP contribution is 2.20. The zero-order valence-electron chi connectivity index (χ0n) is 10.2. The van der Waals surface area contributed by atoms with E-state index in [1.54, 1.807) is 0 Å². The summed E-state index contributed by atoms with van der Waals surface area (Å²) in [6.07, 6.45) is 0. The van der Waals surface area contributed by atoms with Crippen molar-refractivity contribution in [2.24, 2.45) is 0 Å². The molecule has 1 aromatic carbocycles. The zero-order chi connectivity index (χ0) is 14.8. The number of anilines is 1. The zero-order valence-corrected chi connectivity index (χ0v) is 11.9. The van der Waals surface area contributed by atoms with Crippen molar-refractivity contribution in [2.75, 3.05) is 5.73 Å². The van der Waals surface area contributed by atoms with Gasteiger partial charge in [0, 0.05) is 6.54 Å². The van der Waals surface area contributed by atoms with E-state index in [1.807, 2.05) is 16.8 Å². The van der Waals surface area contributed by atoms with Gasteiger partial charge in [-0.25, -0.2) is 17.9 Å². The predicted octanol–water partition coefficient (Wildman–Crippen LogP) is 1.51. The van der Waals surface area contributed by atoms with Crippen molar-refractivity contribution in [2.45, 2.75) is 11.4 Å². The fraction of sp³-hybridized carbons (Fsp3) is 0.0833. The first-order chi connectivity index (χ1) is 9.40. The molecule has 1 heterocycles. The van der Waals surface area contributed by atoms with Crippen LogP contribution in [0.2, 0.25) is 0 Å². The molecule has 0 saturated heterocycles. The number of nitrogens with one attached hydrogen (secondary N) is 1. The Labute approximate surface area is 119 Å². The first kappa shape index (κ1) is 14.5. The van der Waals surface area contributed by atoms with Gasteiger partial charge in [0.05, 0.1) is 11.3 Å². The van der Waals surface area contributed by atoms with Gasteiger partial charge in [0.25, 0.3) is 0 Å². The van der Waals surface area contributed by atoms with E-state index < -0.39 is 16.0 Å². The smallest absolute Gasteiger partial charge is 0.335 e. The standard InChI is InChI=1S/C12H12N2O4S2/c13-10-5-9(12(15)16)1-2-11(10)20(17,18)14-6-8-3-4-19-7-8/h1-5,7,14H,6,13H2,(H,15,16). The van der Waals surface area contributed by atoms with E-state index in [2.05, 4.69) is 4.72 Å². The minimum atomic E-state index is -3.77. The van der Waals surface area contributed by atoms with Crippen LogP contribution in [-0.2, 0) is 16.6 Å². The third kappa shape index (κ3) is 3.16. The van der Waals surface area contributed by atoms with E-state index in [-0.39, 0.29) is 22.7 Å². The second-order valence-corrected chi connectivity index (χ2v) is 6.53. The molecule has 4 N–H and O–H groups in total. The summed E-state index contributed by atoms with van der Waals surface area (Å²) in [5.74, 6) is -1.16. The highest BCUT2D eigenvalue weighted by Gasteiger charge is 2.18. The summed E-state index contributed by atoms with van der Waals surface area (Å²) >= 11 is 1.47. The number of carbonyl (C=O) groups is 1. The predicted molar refractivity (Wildman–Crippen MR) is 76.2 cm³/mol. The average molecular weight is 312 g/mol. The van der Waals surface area contributed by atoms with Gasteiger partial charge in [0.2, 0.25) is 10.0 Å². The molecule has 0 spiro atoms. The lowest BCUT2D eigenvalue weighted by atomic mass is 10.2. The van der Waals surface area contributed by atoms with Crippen LogP contribution in [0.15, 0.2) is 39.9 Å². The Morgan fingerprint density at radius 1 is 1.35 bits per heavy atom. The molecule has 6 nitrogen and oxygen atoms in total. The number of benzene rings is 1. The van der Waals surface area contributed by atoms with Gasteiger partial charge in [-0.2, -0.15) is 11.3 Å². The van der Waals surface area contributed by atoms with E-state index >= 15 is 0 Å². The number of nitrogens with two attached hydrogens (primary N) is 1. The van der Waals surface area contributed by atoms with Crippen LogP contribution in [0.4, 0.5) is 5.69 Å². The molecule has 0 unspecified atom stereocenters. The number of carboxylic acids is 1. The molecular weight excluding hydrogens is 300 g/mol. The molecule has 0 bridgehead atoms. The van der Waals surface area contributed by atoms with Gasteiger partial charge in [0.15, 0.2) is 0 Å². The van der Waals surface area contributed by atoms with Crippen molar-refractivity contribution >= 4 is 33.0 Å². The summed E-state index contributed by atoms with van der Waals surface area (Å²) in [5.41, 5.74) is 6.31. The second kappa shape index (κ2) is 5.61. The summed E-state index contributed by atoms with van der Waals surface area (Å²) in [6.45, 7) is 0.159. The number of hydrogen-bond donors (Lipinski definition) is 3. The largest absolute Gasteiger partial charge is 0.478 e. The maximum atomic E-state index is 12.1. The third-order valence-electron chi connectivity index (χ3n) is 2.59. The van der Waals surface area contributed by atoms with Crippen LogP contribution < -0.4 is 10.5 Å². The van der Waals surface area contributed by atoms with Crippen LogP contribution in [0.5, 0.6) is 0 Å². The monoisotopic (exact) mass is 312 g/mol. The topological polar surface area (TPSA) is 109 Å².